The Hall–Kier alpha value is -2.29. The van der Waals surface area contributed by atoms with Gasteiger partial charge in [-0.05, 0) is 48.9 Å². The number of aromatic nitrogens is 3. The second kappa shape index (κ2) is 5.14. The highest BCUT2D eigenvalue weighted by molar-refractivity contribution is 5.21. The summed E-state index contributed by atoms with van der Waals surface area (Å²) in [7, 11) is 0. The van der Waals surface area contributed by atoms with Gasteiger partial charge in [-0.15, -0.1) is 0 Å². The lowest BCUT2D eigenvalue weighted by Gasteiger charge is -2.08. The zero-order chi connectivity index (χ0) is 13.1. The Labute approximate surface area is 113 Å². The van der Waals surface area contributed by atoms with E-state index in [-0.39, 0.29) is 0 Å². The normalized spacial score (nSPS) is 10.8. The van der Waals surface area contributed by atoms with Crippen LogP contribution in [0.3, 0.4) is 0 Å². The quantitative estimate of drug-likeness (QED) is 0.698. The highest BCUT2D eigenvalue weighted by Crippen LogP contribution is 2.09. The van der Waals surface area contributed by atoms with Gasteiger partial charge in [-0.3, -0.25) is 4.98 Å². The summed E-state index contributed by atoms with van der Waals surface area (Å²) in [5, 5.41) is 0. The highest BCUT2D eigenvalue weighted by Gasteiger charge is 2.02. The number of rotatable bonds is 4. The summed E-state index contributed by atoms with van der Waals surface area (Å²) < 4.78 is 4.28. The monoisotopic (exact) mass is 251 g/mol. The van der Waals surface area contributed by atoms with Crippen molar-refractivity contribution in [3.8, 4) is 0 Å². The van der Waals surface area contributed by atoms with E-state index in [0.29, 0.717) is 0 Å². The van der Waals surface area contributed by atoms with Crippen LogP contribution >= 0.6 is 0 Å². The lowest BCUT2D eigenvalue weighted by atomic mass is 10.2. The topological polar surface area (TPSA) is 22.8 Å². The van der Waals surface area contributed by atoms with Crippen LogP contribution in [0.2, 0.25) is 0 Å². The van der Waals surface area contributed by atoms with Crippen molar-refractivity contribution >= 4 is 0 Å². The molecule has 0 aliphatic carbocycles. The maximum absolute atomic E-state index is 4.74. The van der Waals surface area contributed by atoms with Crippen molar-refractivity contribution < 1.29 is 0 Å². The van der Waals surface area contributed by atoms with Gasteiger partial charge in [-0.25, -0.2) is 0 Å². The first-order chi connectivity index (χ1) is 9.29. The van der Waals surface area contributed by atoms with E-state index in [1.165, 1.54) is 5.56 Å². The number of hydrogen-bond donors (Lipinski definition) is 0. The average molecular weight is 251 g/mol. The van der Waals surface area contributed by atoms with Crippen LogP contribution in [-0.4, -0.2) is 14.1 Å². The Kier molecular flexibility index (Phi) is 3.19. The van der Waals surface area contributed by atoms with E-state index >= 15 is 0 Å². The van der Waals surface area contributed by atoms with Crippen LogP contribution in [-0.2, 0) is 13.1 Å². The zero-order valence-electron chi connectivity index (χ0n) is 11.0. The Balaban J connectivity index is 1.83. The van der Waals surface area contributed by atoms with Crippen molar-refractivity contribution in [1.29, 1.82) is 0 Å². The number of hydrogen-bond acceptors (Lipinski definition) is 1. The minimum atomic E-state index is 0.827. The molecule has 0 aromatic carbocycles. The molecular weight excluding hydrogens is 234 g/mol. The summed E-state index contributed by atoms with van der Waals surface area (Å²) in [6.07, 6.45) is 8.26. The van der Waals surface area contributed by atoms with Gasteiger partial charge in [0.2, 0.25) is 0 Å². The summed E-state index contributed by atoms with van der Waals surface area (Å²) in [6, 6.07) is 12.5. The molecule has 0 amide bonds. The molecule has 0 atom stereocenters. The molecule has 0 bridgehead atoms. The van der Waals surface area contributed by atoms with E-state index in [2.05, 4.69) is 53.0 Å². The first-order valence-electron chi connectivity index (χ1n) is 6.47. The molecule has 0 N–H and O–H groups in total. The van der Waals surface area contributed by atoms with E-state index in [1.807, 2.05) is 24.3 Å². The van der Waals surface area contributed by atoms with Gasteiger partial charge < -0.3 is 9.13 Å². The molecule has 3 rings (SSSR count). The van der Waals surface area contributed by atoms with Gasteiger partial charge in [0.1, 0.15) is 0 Å². The maximum Gasteiger partial charge on any atom is 0.0642 e. The lowest BCUT2D eigenvalue weighted by molar-refractivity contribution is 0.739. The van der Waals surface area contributed by atoms with Crippen molar-refractivity contribution in [3.63, 3.8) is 0 Å². The van der Waals surface area contributed by atoms with Crippen molar-refractivity contribution in [2.45, 2.75) is 20.0 Å². The van der Waals surface area contributed by atoms with Crippen molar-refractivity contribution in [2.24, 2.45) is 0 Å². The molecule has 3 heterocycles. The summed E-state index contributed by atoms with van der Waals surface area (Å²) in [5.74, 6) is 0. The summed E-state index contributed by atoms with van der Waals surface area (Å²) in [4.78, 5) is 4.74. The lowest BCUT2D eigenvalue weighted by Crippen LogP contribution is -2.05. The molecule has 0 aliphatic rings. The SMILES string of the molecule is Cc1cc(Cn2cccc2)nc(Cn2cccc2)c1. The molecule has 19 heavy (non-hydrogen) atoms. The first kappa shape index (κ1) is 11.8. The van der Waals surface area contributed by atoms with Crippen LogP contribution < -0.4 is 0 Å². The van der Waals surface area contributed by atoms with Gasteiger partial charge in [0.15, 0.2) is 0 Å². The van der Waals surface area contributed by atoms with Crippen LogP contribution in [0.5, 0.6) is 0 Å². The summed E-state index contributed by atoms with van der Waals surface area (Å²) >= 11 is 0. The van der Waals surface area contributed by atoms with E-state index in [1.54, 1.807) is 0 Å². The Morgan fingerprint density at radius 1 is 0.789 bits per heavy atom. The molecular formula is C16H17N3. The zero-order valence-corrected chi connectivity index (χ0v) is 11.0. The third-order valence-electron chi connectivity index (χ3n) is 3.10. The fourth-order valence-electron chi connectivity index (χ4n) is 2.30. The standard InChI is InChI=1S/C16H17N3/c1-14-10-15(12-18-6-2-3-7-18)17-16(11-14)13-19-8-4-5-9-19/h2-11H,12-13H2,1H3. The molecule has 0 fully saturated rings. The fraction of sp³-hybridized carbons (Fsp3) is 0.188. The predicted octanol–water partition coefficient (Wildman–Crippen LogP) is 3.09. The Morgan fingerprint density at radius 3 is 1.63 bits per heavy atom. The smallest absolute Gasteiger partial charge is 0.0642 e. The van der Waals surface area contributed by atoms with Crippen LogP contribution in [0, 0.1) is 6.92 Å². The van der Waals surface area contributed by atoms with E-state index < -0.39 is 0 Å². The van der Waals surface area contributed by atoms with Crippen molar-refractivity contribution in [1.82, 2.24) is 14.1 Å². The van der Waals surface area contributed by atoms with E-state index in [9.17, 15) is 0 Å². The predicted molar refractivity (Wildman–Crippen MR) is 76.0 cm³/mol. The minimum Gasteiger partial charge on any atom is -0.348 e. The fourth-order valence-corrected chi connectivity index (χ4v) is 2.30. The van der Waals surface area contributed by atoms with E-state index in [0.717, 1.165) is 24.5 Å². The Bertz CT molecular complexity index is 582. The summed E-state index contributed by atoms with van der Waals surface area (Å²) in [5.41, 5.74) is 3.48. The molecule has 0 radical (unpaired) electrons. The van der Waals surface area contributed by atoms with Gasteiger partial charge in [-0.1, -0.05) is 0 Å². The molecule has 96 valence electrons. The summed E-state index contributed by atoms with van der Waals surface area (Å²) in [6.45, 7) is 3.78. The first-order valence-corrected chi connectivity index (χ1v) is 6.47. The van der Waals surface area contributed by atoms with Crippen LogP contribution in [0.4, 0.5) is 0 Å². The van der Waals surface area contributed by atoms with Crippen LogP contribution in [0.15, 0.2) is 61.2 Å². The van der Waals surface area contributed by atoms with Crippen LogP contribution in [0.25, 0.3) is 0 Å². The van der Waals surface area contributed by atoms with E-state index in [4.69, 9.17) is 4.98 Å². The van der Waals surface area contributed by atoms with Crippen molar-refractivity contribution in [2.75, 3.05) is 0 Å². The van der Waals surface area contributed by atoms with Crippen molar-refractivity contribution in [3.05, 3.63) is 78.1 Å². The second-order valence-corrected chi connectivity index (χ2v) is 4.84. The maximum atomic E-state index is 4.74. The molecule has 0 unspecified atom stereocenters. The molecule has 0 saturated heterocycles. The van der Waals surface area contributed by atoms with Gasteiger partial charge in [0.25, 0.3) is 0 Å². The van der Waals surface area contributed by atoms with Crippen LogP contribution in [0.1, 0.15) is 17.0 Å². The number of nitrogens with zero attached hydrogens (tertiary/aromatic N) is 3. The third kappa shape index (κ3) is 2.94. The third-order valence-corrected chi connectivity index (χ3v) is 3.10. The molecule has 0 spiro atoms. The molecule has 3 aromatic rings. The van der Waals surface area contributed by atoms with Gasteiger partial charge >= 0.3 is 0 Å². The van der Waals surface area contributed by atoms with Gasteiger partial charge in [0.05, 0.1) is 24.5 Å². The van der Waals surface area contributed by atoms with Gasteiger partial charge in [0, 0.05) is 24.8 Å². The molecule has 0 aliphatic heterocycles. The molecule has 3 nitrogen and oxygen atoms in total. The number of pyridine rings is 1. The van der Waals surface area contributed by atoms with Gasteiger partial charge in [-0.2, -0.15) is 0 Å². The highest BCUT2D eigenvalue weighted by atomic mass is 15.0. The molecule has 0 saturated carbocycles. The number of aryl methyl sites for hydroxylation is 1. The Morgan fingerprint density at radius 2 is 1.21 bits per heavy atom. The molecule has 3 aromatic heterocycles. The largest absolute Gasteiger partial charge is 0.348 e. The minimum absolute atomic E-state index is 0.827. The average Bonchev–Trinajstić information content (AvgIpc) is 3.01. The molecule has 3 heteroatoms. The second-order valence-electron chi connectivity index (χ2n) is 4.84.